The van der Waals surface area contributed by atoms with E-state index in [0.717, 1.165) is 10.0 Å². The average molecular weight is 362 g/mol. The van der Waals surface area contributed by atoms with Crippen molar-refractivity contribution in [2.45, 2.75) is 19.5 Å². The summed E-state index contributed by atoms with van der Waals surface area (Å²) < 4.78 is 6.12. The smallest absolute Gasteiger partial charge is 0.239 e. The molecule has 0 radical (unpaired) electrons. The summed E-state index contributed by atoms with van der Waals surface area (Å²) in [5, 5.41) is 3.93. The van der Waals surface area contributed by atoms with E-state index in [1.165, 1.54) is 0 Å². The van der Waals surface area contributed by atoms with Crippen molar-refractivity contribution in [2.75, 3.05) is 26.3 Å². The van der Waals surface area contributed by atoms with Crippen molar-refractivity contribution in [3.05, 3.63) is 33.3 Å². The summed E-state index contributed by atoms with van der Waals surface area (Å²) >= 11 is 9.35. The highest BCUT2D eigenvalue weighted by molar-refractivity contribution is 9.10. The van der Waals surface area contributed by atoms with Crippen LogP contribution in [0.2, 0.25) is 5.02 Å². The van der Waals surface area contributed by atoms with E-state index < -0.39 is 0 Å². The van der Waals surface area contributed by atoms with Crippen LogP contribution in [0.3, 0.4) is 0 Å². The van der Waals surface area contributed by atoms with Crippen molar-refractivity contribution < 1.29 is 9.53 Å². The molecule has 1 saturated heterocycles. The first-order valence-electron chi connectivity index (χ1n) is 6.62. The highest BCUT2D eigenvalue weighted by Gasteiger charge is 2.21. The minimum absolute atomic E-state index is 0.126. The highest BCUT2D eigenvalue weighted by Crippen LogP contribution is 2.23. The van der Waals surface area contributed by atoms with Crippen molar-refractivity contribution in [3.8, 4) is 0 Å². The van der Waals surface area contributed by atoms with Crippen LogP contribution < -0.4 is 5.32 Å². The first-order valence-corrected chi connectivity index (χ1v) is 7.79. The maximum Gasteiger partial charge on any atom is 0.239 e. The zero-order valence-corrected chi connectivity index (χ0v) is 13.7. The lowest BCUT2D eigenvalue weighted by atomic mass is 10.2. The Labute approximate surface area is 132 Å². The van der Waals surface area contributed by atoms with Crippen molar-refractivity contribution in [1.29, 1.82) is 0 Å². The molecule has 0 aliphatic carbocycles. The molecule has 1 heterocycles. The Morgan fingerprint density at radius 3 is 2.85 bits per heavy atom. The molecule has 1 fully saturated rings. The minimum Gasteiger partial charge on any atom is -0.378 e. The largest absolute Gasteiger partial charge is 0.378 e. The van der Waals surface area contributed by atoms with Crippen LogP contribution in [0.15, 0.2) is 22.7 Å². The number of ether oxygens (including phenoxy) is 1. The van der Waals surface area contributed by atoms with E-state index in [2.05, 4.69) is 21.2 Å². The van der Waals surface area contributed by atoms with E-state index in [0.29, 0.717) is 37.9 Å². The van der Waals surface area contributed by atoms with E-state index in [4.69, 9.17) is 16.3 Å². The number of hydrogen-bond donors (Lipinski definition) is 1. The maximum absolute atomic E-state index is 12.2. The summed E-state index contributed by atoms with van der Waals surface area (Å²) in [6.45, 7) is 5.13. The topological polar surface area (TPSA) is 41.6 Å². The number of rotatable bonds is 4. The fourth-order valence-corrected chi connectivity index (χ4v) is 2.61. The van der Waals surface area contributed by atoms with Crippen LogP contribution in [0.5, 0.6) is 0 Å². The zero-order valence-electron chi connectivity index (χ0n) is 11.4. The fraction of sp³-hybridized carbons (Fsp3) is 0.500. The van der Waals surface area contributed by atoms with Gasteiger partial charge in [-0.15, -0.1) is 0 Å². The van der Waals surface area contributed by atoms with Crippen molar-refractivity contribution in [1.82, 2.24) is 10.2 Å². The van der Waals surface area contributed by atoms with Crippen LogP contribution in [0.1, 0.15) is 12.5 Å². The maximum atomic E-state index is 12.2. The summed E-state index contributed by atoms with van der Waals surface area (Å²) in [5.41, 5.74) is 1.09. The van der Waals surface area contributed by atoms with Crippen LogP contribution in [0.4, 0.5) is 0 Å². The Kier molecular flexibility index (Phi) is 5.84. The molecule has 0 saturated carbocycles. The van der Waals surface area contributed by atoms with Crippen LogP contribution in [0.25, 0.3) is 0 Å². The van der Waals surface area contributed by atoms with Crippen LogP contribution in [-0.4, -0.2) is 43.2 Å². The van der Waals surface area contributed by atoms with E-state index in [9.17, 15) is 4.79 Å². The Morgan fingerprint density at radius 1 is 1.50 bits per heavy atom. The average Bonchev–Trinajstić information content (AvgIpc) is 2.48. The van der Waals surface area contributed by atoms with Gasteiger partial charge >= 0.3 is 0 Å². The number of carbonyl (C=O) groups is 1. The second kappa shape index (κ2) is 7.41. The van der Waals surface area contributed by atoms with Crippen LogP contribution in [0, 0.1) is 0 Å². The molecule has 0 aromatic heterocycles. The molecular formula is C14H18BrClN2O2. The minimum atomic E-state index is -0.206. The summed E-state index contributed by atoms with van der Waals surface area (Å²) in [6.07, 6.45) is 0. The summed E-state index contributed by atoms with van der Waals surface area (Å²) in [6, 6.07) is 5.55. The molecule has 1 aromatic rings. The molecular weight excluding hydrogens is 344 g/mol. The summed E-state index contributed by atoms with van der Waals surface area (Å²) in [5.74, 6) is 0.126. The second-order valence-electron chi connectivity index (χ2n) is 4.79. The van der Waals surface area contributed by atoms with Gasteiger partial charge in [0.05, 0.1) is 24.3 Å². The van der Waals surface area contributed by atoms with E-state index in [-0.39, 0.29) is 11.9 Å². The predicted molar refractivity (Wildman–Crippen MR) is 82.9 cm³/mol. The normalized spacial score (nSPS) is 17.1. The van der Waals surface area contributed by atoms with Crippen molar-refractivity contribution in [3.63, 3.8) is 0 Å². The van der Waals surface area contributed by atoms with Gasteiger partial charge in [-0.2, -0.15) is 0 Å². The number of nitrogens with zero attached hydrogens (tertiary/aromatic N) is 1. The Balaban J connectivity index is 1.85. The lowest BCUT2D eigenvalue weighted by molar-refractivity contribution is -0.137. The molecule has 1 aliphatic rings. The number of nitrogens with one attached hydrogen (secondary N) is 1. The Bertz CT molecular complexity index is 478. The van der Waals surface area contributed by atoms with Gasteiger partial charge in [-0.05, 0) is 40.5 Å². The molecule has 1 N–H and O–H groups in total. The van der Waals surface area contributed by atoms with Crippen LogP contribution in [-0.2, 0) is 16.1 Å². The molecule has 4 nitrogen and oxygen atoms in total. The SMILES string of the molecule is CC(NCc1ccc(Cl)c(Br)c1)C(=O)N1CCOCC1. The molecule has 2 rings (SSSR count). The highest BCUT2D eigenvalue weighted by atomic mass is 79.9. The predicted octanol–water partition coefficient (Wildman–Crippen LogP) is 2.44. The second-order valence-corrected chi connectivity index (χ2v) is 6.05. The van der Waals surface area contributed by atoms with Gasteiger partial charge in [-0.3, -0.25) is 4.79 Å². The lowest BCUT2D eigenvalue weighted by Crippen LogP contribution is -2.49. The first kappa shape index (κ1) is 15.8. The standard InChI is InChI=1S/C14H18BrClN2O2/c1-10(14(19)18-4-6-20-7-5-18)17-9-11-2-3-13(16)12(15)8-11/h2-3,8,10,17H,4-7,9H2,1H3. The molecule has 1 atom stereocenters. The summed E-state index contributed by atoms with van der Waals surface area (Å²) in [7, 11) is 0. The van der Waals surface area contributed by atoms with E-state index >= 15 is 0 Å². The first-order chi connectivity index (χ1) is 9.58. The third kappa shape index (κ3) is 4.19. The summed E-state index contributed by atoms with van der Waals surface area (Å²) in [4.78, 5) is 14.1. The third-order valence-electron chi connectivity index (χ3n) is 3.29. The number of halogens is 2. The van der Waals surface area contributed by atoms with Gasteiger partial charge in [0.25, 0.3) is 0 Å². The number of amides is 1. The Hall–Kier alpha value is -0.620. The number of carbonyl (C=O) groups excluding carboxylic acids is 1. The molecule has 1 aromatic carbocycles. The third-order valence-corrected chi connectivity index (χ3v) is 4.50. The molecule has 0 spiro atoms. The zero-order chi connectivity index (χ0) is 14.5. The molecule has 1 unspecified atom stereocenters. The molecule has 1 aliphatic heterocycles. The molecule has 20 heavy (non-hydrogen) atoms. The van der Waals surface area contributed by atoms with Gasteiger partial charge in [0.2, 0.25) is 5.91 Å². The molecule has 1 amide bonds. The van der Waals surface area contributed by atoms with Gasteiger partial charge in [0, 0.05) is 24.1 Å². The molecule has 110 valence electrons. The number of hydrogen-bond acceptors (Lipinski definition) is 3. The quantitative estimate of drug-likeness (QED) is 0.895. The molecule has 0 bridgehead atoms. The van der Waals surface area contributed by atoms with E-state index in [1.807, 2.05) is 30.0 Å². The Morgan fingerprint density at radius 2 is 2.20 bits per heavy atom. The number of morpholine rings is 1. The van der Waals surface area contributed by atoms with Gasteiger partial charge in [-0.25, -0.2) is 0 Å². The number of benzene rings is 1. The fourth-order valence-electron chi connectivity index (χ4n) is 2.07. The lowest BCUT2D eigenvalue weighted by Gasteiger charge is -2.29. The van der Waals surface area contributed by atoms with Gasteiger partial charge in [-0.1, -0.05) is 17.7 Å². The van der Waals surface area contributed by atoms with Gasteiger partial charge < -0.3 is 15.0 Å². The van der Waals surface area contributed by atoms with Gasteiger partial charge in [0.1, 0.15) is 0 Å². The van der Waals surface area contributed by atoms with Crippen LogP contribution >= 0.6 is 27.5 Å². The molecule has 6 heteroatoms. The van der Waals surface area contributed by atoms with Crippen molar-refractivity contribution in [2.24, 2.45) is 0 Å². The van der Waals surface area contributed by atoms with Crippen molar-refractivity contribution >= 4 is 33.4 Å². The van der Waals surface area contributed by atoms with Gasteiger partial charge in [0.15, 0.2) is 0 Å². The van der Waals surface area contributed by atoms with E-state index in [1.54, 1.807) is 0 Å². The monoisotopic (exact) mass is 360 g/mol.